The standard InChI is InChI=1S/C17H18ClFN2O4S2/c1-26(22,23)16-11-12(7-8-13(16)18)27(24,25)20-17-14(19)5-4-6-15(17)21-9-2-3-10-21/h4-8,11,20H,2-3,9-10H2,1H3. The van der Waals surface area contributed by atoms with Gasteiger partial charge in [-0.2, -0.15) is 0 Å². The molecule has 6 nitrogen and oxygen atoms in total. The lowest BCUT2D eigenvalue weighted by Gasteiger charge is -2.22. The third kappa shape index (κ3) is 4.20. The first-order valence-corrected chi connectivity index (χ1v) is 11.9. The van der Waals surface area contributed by atoms with Gasteiger partial charge < -0.3 is 4.90 Å². The average Bonchev–Trinajstić information content (AvgIpc) is 3.10. The Bertz CT molecular complexity index is 1080. The van der Waals surface area contributed by atoms with Gasteiger partial charge in [-0.05, 0) is 43.2 Å². The number of rotatable bonds is 5. The molecule has 10 heteroatoms. The van der Waals surface area contributed by atoms with E-state index in [0.29, 0.717) is 18.8 Å². The molecule has 27 heavy (non-hydrogen) atoms. The van der Waals surface area contributed by atoms with Gasteiger partial charge in [-0.15, -0.1) is 0 Å². The predicted molar refractivity (Wildman–Crippen MR) is 103 cm³/mol. The maximum absolute atomic E-state index is 14.4. The Morgan fingerprint density at radius 3 is 2.37 bits per heavy atom. The van der Waals surface area contributed by atoms with E-state index in [9.17, 15) is 21.2 Å². The van der Waals surface area contributed by atoms with Gasteiger partial charge in [-0.1, -0.05) is 17.7 Å². The van der Waals surface area contributed by atoms with E-state index in [1.807, 2.05) is 4.90 Å². The topological polar surface area (TPSA) is 83.5 Å². The lowest BCUT2D eigenvalue weighted by molar-refractivity contribution is 0.597. The summed E-state index contributed by atoms with van der Waals surface area (Å²) in [6, 6.07) is 7.67. The van der Waals surface area contributed by atoms with Crippen LogP contribution in [0.4, 0.5) is 15.8 Å². The third-order valence-electron chi connectivity index (χ3n) is 4.29. The van der Waals surface area contributed by atoms with E-state index >= 15 is 0 Å². The van der Waals surface area contributed by atoms with E-state index in [4.69, 9.17) is 11.6 Å². The number of halogens is 2. The van der Waals surface area contributed by atoms with Gasteiger partial charge in [-0.3, -0.25) is 4.72 Å². The molecule has 1 aliphatic heterocycles. The molecule has 0 aliphatic carbocycles. The normalized spacial score (nSPS) is 15.1. The van der Waals surface area contributed by atoms with Crippen LogP contribution < -0.4 is 9.62 Å². The van der Waals surface area contributed by atoms with Gasteiger partial charge in [0.2, 0.25) is 0 Å². The monoisotopic (exact) mass is 432 g/mol. The zero-order chi connectivity index (χ0) is 19.8. The van der Waals surface area contributed by atoms with Gasteiger partial charge >= 0.3 is 0 Å². The second-order valence-corrected chi connectivity index (χ2v) is 10.4. The molecule has 0 atom stereocenters. The first kappa shape index (κ1) is 19.9. The second-order valence-electron chi connectivity index (χ2n) is 6.30. The molecule has 1 heterocycles. The van der Waals surface area contributed by atoms with E-state index < -0.39 is 25.7 Å². The Morgan fingerprint density at radius 2 is 1.74 bits per heavy atom. The molecule has 0 aromatic heterocycles. The maximum atomic E-state index is 14.4. The van der Waals surface area contributed by atoms with E-state index in [2.05, 4.69) is 4.72 Å². The van der Waals surface area contributed by atoms with Gasteiger partial charge in [0.05, 0.1) is 20.5 Å². The van der Waals surface area contributed by atoms with Crippen LogP contribution in [0.3, 0.4) is 0 Å². The summed E-state index contributed by atoms with van der Waals surface area (Å²) in [5, 5.41) is -0.0832. The molecule has 2 aromatic carbocycles. The van der Waals surface area contributed by atoms with E-state index in [1.165, 1.54) is 24.3 Å². The van der Waals surface area contributed by atoms with Crippen LogP contribution in [0.15, 0.2) is 46.2 Å². The van der Waals surface area contributed by atoms with Crippen molar-refractivity contribution in [2.75, 3.05) is 29.0 Å². The van der Waals surface area contributed by atoms with Crippen LogP contribution in [0, 0.1) is 5.82 Å². The van der Waals surface area contributed by atoms with Crippen molar-refractivity contribution in [3.05, 3.63) is 47.2 Å². The van der Waals surface area contributed by atoms with Gasteiger partial charge in [0, 0.05) is 19.3 Å². The number of hydrogen-bond acceptors (Lipinski definition) is 5. The average molecular weight is 433 g/mol. The minimum absolute atomic E-state index is 0.0832. The highest BCUT2D eigenvalue weighted by Crippen LogP contribution is 2.33. The van der Waals surface area contributed by atoms with Crippen molar-refractivity contribution in [1.82, 2.24) is 0 Å². The van der Waals surface area contributed by atoms with Crippen LogP contribution in [0.1, 0.15) is 12.8 Å². The van der Waals surface area contributed by atoms with Crippen LogP contribution >= 0.6 is 11.6 Å². The molecular formula is C17H18ClFN2O4S2. The summed E-state index contributed by atoms with van der Waals surface area (Å²) < 4.78 is 65.8. The summed E-state index contributed by atoms with van der Waals surface area (Å²) in [6.07, 6.45) is 2.82. The first-order chi connectivity index (χ1) is 12.6. The van der Waals surface area contributed by atoms with Crippen LogP contribution in [-0.4, -0.2) is 36.2 Å². The summed E-state index contributed by atoms with van der Waals surface area (Å²) >= 11 is 5.87. The fourth-order valence-electron chi connectivity index (χ4n) is 2.96. The predicted octanol–water partition coefficient (Wildman–Crippen LogP) is 3.28. The van der Waals surface area contributed by atoms with Crippen LogP contribution in [0.2, 0.25) is 5.02 Å². The quantitative estimate of drug-likeness (QED) is 0.783. The molecule has 2 aromatic rings. The molecule has 0 radical (unpaired) electrons. The zero-order valence-corrected chi connectivity index (χ0v) is 16.8. The van der Waals surface area contributed by atoms with Crippen molar-refractivity contribution >= 4 is 42.8 Å². The molecule has 0 amide bonds. The number of nitrogens with one attached hydrogen (secondary N) is 1. The number of nitrogens with zero attached hydrogens (tertiary/aromatic N) is 1. The summed E-state index contributed by atoms with van der Waals surface area (Å²) in [5.74, 6) is -0.708. The fourth-order valence-corrected chi connectivity index (χ4v) is 5.45. The summed E-state index contributed by atoms with van der Waals surface area (Å²) in [6.45, 7) is 1.41. The van der Waals surface area contributed by atoms with Crippen molar-refractivity contribution in [3.8, 4) is 0 Å². The summed E-state index contributed by atoms with van der Waals surface area (Å²) in [7, 11) is -7.95. The molecule has 0 saturated carbocycles. The minimum atomic E-state index is -4.23. The minimum Gasteiger partial charge on any atom is -0.370 e. The summed E-state index contributed by atoms with van der Waals surface area (Å²) in [4.78, 5) is 1.29. The second kappa shape index (κ2) is 7.29. The number of sulfone groups is 1. The lowest BCUT2D eigenvalue weighted by Crippen LogP contribution is -2.22. The molecule has 1 aliphatic rings. The zero-order valence-electron chi connectivity index (χ0n) is 14.4. The van der Waals surface area contributed by atoms with Crippen LogP contribution in [0.25, 0.3) is 0 Å². The van der Waals surface area contributed by atoms with E-state index in [0.717, 1.165) is 25.2 Å². The molecule has 3 rings (SSSR count). The number of benzene rings is 2. The molecule has 1 N–H and O–H groups in total. The van der Waals surface area contributed by atoms with Crippen LogP contribution in [0.5, 0.6) is 0 Å². The van der Waals surface area contributed by atoms with E-state index in [1.54, 1.807) is 6.07 Å². The number of anilines is 2. The Hall–Kier alpha value is -1.84. The van der Waals surface area contributed by atoms with Crippen LogP contribution in [-0.2, 0) is 19.9 Å². The largest absolute Gasteiger partial charge is 0.370 e. The van der Waals surface area contributed by atoms with Gasteiger partial charge in [0.25, 0.3) is 10.0 Å². The molecule has 146 valence electrons. The Morgan fingerprint density at radius 1 is 1.07 bits per heavy atom. The molecule has 0 spiro atoms. The van der Waals surface area contributed by atoms with Crippen molar-refractivity contribution in [1.29, 1.82) is 0 Å². The summed E-state index contributed by atoms with van der Waals surface area (Å²) in [5.41, 5.74) is 0.295. The van der Waals surface area contributed by atoms with Crippen molar-refractivity contribution in [2.24, 2.45) is 0 Å². The fraction of sp³-hybridized carbons (Fsp3) is 0.294. The number of sulfonamides is 1. The Labute approximate surface area is 162 Å². The number of hydrogen-bond donors (Lipinski definition) is 1. The molecule has 0 bridgehead atoms. The Balaban J connectivity index is 2.04. The number of para-hydroxylation sites is 1. The van der Waals surface area contributed by atoms with Crippen molar-refractivity contribution < 1.29 is 21.2 Å². The van der Waals surface area contributed by atoms with Gasteiger partial charge in [0.15, 0.2) is 9.84 Å². The molecular weight excluding hydrogens is 415 g/mol. The van der Waals surface area contributed by atoms with Crippen molar-refractivity contribution in [2.45, 2.75) is 22.6 Å². The Kier molecular flexibility index (Phi) is 5.38. The SMILES string of the molecule is CS(=O)(=O)c1cc(S(=O)(=O)Nc2c(F)cccc2N2CCCC2)ccc1Cl. The van der Waals surface area contributed by atoms with Gasteiger partial charge in [0.1, 0.15) is 11.5 Å². The lowest BCUT2D eigenvalue weighted by atomic mass is 10.2. The highest BCUT2D eigenvalue weighted by Gasteiger charge is 2.24. The van der Waals surface area contributed by atoms with Crippen molar-refractivity contribution in [3.63, 3.8) is 0 Å². The molecule has 1 saturated heterocycles. The first-order valence-electron chi connectivity index (χ1n) is 8.15. The smallest absolute Gasteiger partial charge is 0.262 e. The molecule has 1 fully saturated rings. The maximum Gasteiger partial charge on any atom is 0.262 e. The van der Waals surface area contributed by atoms with E-state index in [-0.39, 0.29) is 20.5 Å². The van der Waals surface area contributed by atoms with Gasteiger partial charge in [-0.25, -0.2) is 21.2 Å². The molecule has 0 unspecified atom stereocenters. The highest BCUT2D eigenvalue weighted by atomic mass is 35.5. The highest BCUT2D eigenvalue weighted by molar-refractivity contribution is 7.93. The third-order valence-corrected chi connectivity index (χ3v) is 7.21.